The molecule has 0 radical (unpaired) electrons. The summed E-state index contributed by atoms with van der Waals surface area (Å²) >= 11 is 6.50. The van der Waals surface area contributed by atoms with Gasteiger partial charge >= 0.3 is 0 Å². The Bertz CT molecular complexity index is 630. The zero-order chi connectivity index (χ0) is 13.6. The average Bonchev–Trinajstić information content (AvgIpc) is 3.00. The topological polar surface area (TPSA) is 22.1 Å². The monoisotopic (exact) mass is 287 g/mol. The molecule has 0 aliphatic heterocycles. The van der Waals surface area contributed by atoms with E-state index in [0.29, 0.717) is 0 Å². The highest BCUT2D eigenvalue weighted by atomic mass is 35.5. The Morgan fingerprint density at radius 1 is 1.15 bits per heavy atom. The first-order valence-corrected chi connectivity index (χ1v) is 7.88. The van der Waals surface area contributed by atoms with Crippen molar-refractivity contribution in [3.05, 3.63) is 36.5 Å². The highest BCUT2D eigenvalue weighted by Gasteiger charge is 2.57. The maximum Gasteiger partial charge on any atom is 0.145 e. The molecule has 20 heavy (non-hydrogen) atoms. The number of rotatable bonds is 2. The van der Waals surface area contributed by atoms with Crippen molar-refractivity contribution in [3.8, 4) is 5.75 Å². The molecule has 1 aromatic carbocycles. The molecule has 2 aliphatic rings. The van der Waals surface area contributed by atoms with E-state index in [9.17, 15) is 0 Å². The number of fused-ring (bicyclic) bond motifs is 1. The number of nitrogens with zero attached hydrogens (tertiary/aromatic N) is 1. The third-order valence-electron chi connectivity index (χ3n) is 5.09. The summed E-state index contributed by atoms with van der Waals surface area (Å²) in [6, 6.07) is 10.2. The second kappa shape index (κ2) is 4.63. The van der Waals surface area contributed by atoms with Crippen LogP contribution in [-0.4, -0.2) is 16.5 Å². The van der Waals surface area contributed by atoms with Crippen LogP contribution in [0.15, 0.2) is 36.5 Å². The van der Waals surface area contributed by atoms with Crippen molar-refractivity contribution in [2.45, 2.75) is 43.6 Å². The van der Waals surface area contributed by atoms with E-state index < -0.39 is 0 Å². The molecule has 2 aliphatic carbocycles. The molecule has 104 valence electrons. The van der Waals surface area contributed by atoms with Crippen LogP contribution in [0.25, 0.3) is 10.9 Å². The summed E-state index contributed by atoms with van der Waals surface area (Å²) < 4.78 is 6.32. The normalized spacial score (nSPS) is 27.6. The van der Waals surface area contributed by atoms with Crippen molar-refractivity contribution in [2.75, 3.05) is 0 Å². The van der Waals surface area contributed by atoms with Crippen LogP contribution in [0.4, 0.5) is 0 Å². The van der Waals surface area contributed by atoms with Gasteiger partial charge in [-0.05, 0) is 25.0 Å². The van der Waals surface area contributed by atoms with Gasteiger partial charge in [-0.2, -0.15) is 0 Å². The summed E-state index contributed by atoms with van der Waals surface area (Å²) in [5.74, 6) is 0.906. The zero-order valence-electron chi connectivity index (χ0n) is 11.4. The Kier molecular flexibility index (Phi) is 2.88. The number of hydrogen-bond acceptors (Lipinski definition) is 2. The first kappa shape index (κ1) is 12.5. The van der Waals surface area contributed by atoms with E-state index in [1.807, 2.05) is 24.4 Å². The molecule has 1 heterocycles. The molecule has 0 amide bonds. The lowest BCUT2D eigenvalue weighted by Gasteiger charge is -2.50. The van der Waals surface area contributed by atoms with Crippen LogP contribution in [0.2, 0.25) is 0 Å². The largest absolute Gasteiger partial charge is 0.487 e. The van der Waals surface area contributed by atoms with Gasteiger partial charge in [-0.25, -0.2) is 0 Å². The van der Waals surface area contributed by atoms with Gasteiger partial charge in [0.15, 0.2) is 0 Å². The minimum atomic E-state index is 0.221. The van der Waals surface area contributed by atoms with Crippen molar-refractivity contribution in [1.29, 1.82) is 0 Å². The average molecular weight is 288 g/mol. The van der Waals surface area contributed by atoms with Crippen LogP contribution in [0.3, 0.4) is 0 Å². The number of aromatic nitrogens is 1. The van der Waals surface area contributed by atoms with Gasteiger partial charge in [0.1, 0.15) is 17.4 Å². The number of halogens is 1. The van der Waals surface area contributed by atoms with E-state index in [0.717, 1.165) is 23.1 Å². The molecule has 0 N–H and O–H groups in total. The summed E-state index contributed by atoms with van der Waals surface area (Å²) in [5, 5.41) is 1.42. The molecule has 2 unspecified atom stereocenters. The first-order chi connectivity index (χ1) is 9.79. The van der Waals surface area contributed by atoms with Gasteiger partial charge in [-0.1, -0.05) is 31.0 Å². The summed E-state index contributed by atoms with van der Waals surface area (Å²) in [6.07, 6.45) is 8.05. The van der Waals surface area contributed by atoms with E-state index in [1.165, 1.54) is 25.7 Å². The fourth-order valence-corrected chi connectivity index (χ4v) is 4.38. The number of benzene rings is 1. The molecule has 3 heteroatoms. The predicted octanol–water partition coefficient (Wildman–Crippen LogP) is 4.55. The molecule has 1 aromatic heterocycles. The fourth-order valence-electron chi connectivity index (χ4n) is 3.86. The highest BCUT2D eigenvalue weighted by molar-refractivity contribution is 6.22. The SMILES string of the molecule is ClC1CC(Oc2cccc3cccnc23)C12CCCC2. The van der Waals surface area contributed by atoms with Crippen molar-refractivity contribution in [3.63, 3.8) is 0 Å². The Morgan fingerprint density at radius 2 is 1.95 bits per heavy atom. The molecule has 0 bridgehead atoms. The number of para-hydroxylation sites is 1. The second-order valence-electron chi connectivity index (χ2n) is 6.08. The Morgan fingerprint density at radius 3 is 2.75 bits per heavy atom. The van der Waals surface area contributed by atoms with E-state index >= 15 is 0 Å². The summed E-state index contributed by atoms with van der Waals surface area (Å²) in [7, 11) is 0. The smallest absolute Gasteiger partial charge is 0.145 e. The van der Waals surface area contributed by atoms with Crippen molar-refractivity contribution in [1.82, 2.24) is 4.98 Å². The molecular formula is C17H18ClNO. The zero-order valence-corrected chi connectivity index (χ0v) is 12.1. The van der Waals surface area contributed by atoms with E-state index in [-0.39, 0.29) is 16.9 Å². The maximum atomic E-state index is 6.50. The standard InChI is InChI=1S/C17H18ClNO/c18-14-11-15(17(14)8-1-2-9-17)20-13-7-3-5-12-6-4-10-19-16(12)13/h3-7,10,14-15H,1-2,8-9,11H2. The molecule has 0 saturated heterocycles. The van der Waals surface area contributed by atoms with Crippen LogP contribution in [0, 0.1) is 5.41 Å². The molecule has 4 rings (SSSR count). The molecule has 2 aromatic rings. The van der Waals surface area contributed by atoms with Crippen LogP contribution < -0.4 is 4.74 Å². The molecule has 2 saturated carbocycles. The first-order valence-electron chi connectivity index (χ1n) is 7.44. The van der Waals surface area contributed by atoms with Crippen molar-refractivity contribution >= 4 is 22.5 Å². The number of hydrogen-bond donors (Lipinski definition) is 0. The van der Waals surface area contributed by atoms with E-state index in [1.54, 1.807) is 0 Å². The fraction of sp³-hybridized carbons (Fsp3) is 0.471. The lowest BCUT2D eigenvalue weighted by molar-refractivity contribution is -0.0347. The second-order valence-corrected chi connectivity index (χ2v) is 6.61. The maximum absolute atomic E-state index is 6.50. The Hall–Kier alpha value is -1.28. The molecule has 2 nitrogen and oxygen atoms in total. The Labute approximate surface area is 124 Å². The molecular weight excluding hydrogens is 270 g/mol. The van der Waals surface area contributed by atoms with Gasteiger partial charge in [-0.3, -0.25) is 4.98 Å². The van der Waals surface area contributed by atoms with Crippen LogP contribution in [0.5, 0.6) is 5.75 Å². The number of alkyl halides is 1. The third-order valence-corrected chi connectivity index (χ3v) is 5.70. The predicted molar refractivity (Wildman–Crippen MR) is 81.3 cm³/mol. The third kappa shape index (κ3) is 1.74. The minimum Gasteiger partial charge on any atom is -0.487 e. The highest BCUT2D eigenvalue weighted by Crippen LogP contribution is 2.57. The lowest BCUT2D eigenvalue weighted by atomic mass is 9.64. The van der Waals surface area contributed by atoms with Gasteiger partial charge in [0.25, 0.3) is 0 Å². The van der Waals surface area contributed by atoms with Crippen molar-refractivity contribution in [2.24, 2.45) is 5.41 Å². The van der Waals surface area contributed by atoms with E-state index in [4.69, 9.17) is 16.3 Å². The minimum absolute atomic E-state index is 0.221. The summed E-state index contributed by atoms with van der Waals surface area (Å²) in [6.45, 7) is 0. The van der Waals surface area contributed by atoms with Gasteiger partial charge in [0.05, 0.1) is 0 Å². The van der Waals surface area contributed by atoms with Crippen LogP contribution in [0.1, 0.15) is 32.1 Å². The van der Waals surface area contributed by atoms with Crippen molar-refractivity contribution < 1.29 is 4.74 Å². The Balaban J connectivity index is 1.65. The summed E-state index contributed by atoms with van der Waals surface area (Å²) in [4.78, 5) is 4.47. The number of pyridine rings is 1. The van der Waals surface area contributed by atoms with Crippen LogP contribution in [-0.2, 0) is 0 Å². The van der Waals surface area contributed by atoms with Gasteiger partial charge in [0, 0.05) is 28.8 Å². The summed E-state index contributed by atoms with van der Waals surface area (Å²) in [5.41, 5.74) is 1.18. The van der Waals surface area contributed by atoms with Gasteiger partial charge < -0.3 is 4.74 Å². The molecule has 2 fully saturated rings. The lowest BCUT2D eigenvalue weighted by Crippen LogP contribution is -2.55. The van der Waals surface area contributed by atoms with Gasteiger partial charge in [-0.15, -0.1) is 11.6 Å². The van der Waals surface area contributed by atoms with E-state index in [2.05, 4.69) is 17.1 Å². The quantitative estimate of drug-likeness (QED) is 0.756. The van der Waals surface area contributed by atoms with Gasteiger partial charge in [0.2, 0.25) is 0 Å². The molecule has 2 atom stereocenters. The molecule has 1 spiro atoms. The number of ether oxygens (including phenoxy) is 1. The van der Waals surface area contributed by atoms with Crippen LogP contribution >= 0.6 is 11.6 Å².